The van der Waals surface area contributed by atoms with Crippen LogP contribution in [0.4, 0.5) is 0 Å². The lowest BCUT2D eigenvalue weighted by molar-refractivity contribution is 0.256. The fraction of sp³-hybridized carbons (Fsp3) is 0.571. The molecule has 0 amide bonds. The Kier molecular flexibility index (Phi) is 12.1. The zero-order chi connectivity index (χ0) is 21.4. The van der Waals surface area contributed by atoms with Gasteiger partial charge in [0.25, 0.3) is 0 Å². The van der Waals surface area contributed by atoms with Crippen molar-refractivity contribution in [2.45, 2.75) is 85.0 Å². The van der Waals surface area contributed by atoms with Gasteiger partial charge in [-0.05, 0) is 47.7 Å². The summed E-state index contributed by atoms with van der Waals surface area (Å²) < 4.78 is 11.8. The maximum atomic E-state index is 5.92. The monoisotopic (exact) mass is 410 g/mol. The second kappa shape index (κ2) is 14.9. The van der Waals surface area contributed by atoms with Crippen molar-refractivity contribution in [2.24, 2.45) is 5.92 Å². The summed E-state index contributed by atoms with van der Waals surface area (Å²) in [6.07, 6.45) is 13.2. The van der Waals surface area contributed by atoms with E-state index >= 15 is 0 Å². The van der Waals surface area contributed by atoms with E-state index in [1.807, 2.05) is 0 Å². The molecule has 0 aromatic heterocycles. The summed E-state index contributed by atoms with van der Waals surface area (Å²) >= 11 is 0. The van der Waals surface area contributed by atoms with Crippen LogP contribution < -0.4 is 9.47 Å². The summed E-state index contributed by atoms with van der Waals surface area (Å²) in [5.41, 5.74) is 2.41. The first kappa shape index (κ1) is 24.3. The van der Waals surface area contributed by atoms with E-state index in [9.17, 15) is 0 Å². The maximum Gasteiger partial charge on any atom is 0.119 e. The molecular weight excluding hydrogens is 368 g/mol. The topological polar surface area (TPSA) is 18.5 Å². The number of unbranched alkanes of at least 4 members (excludes halogenated alkanes) is 8. The predicted molar refractivity (Wildman–Crippen MR) is 130 cm³/mol. The molecule has 0 saturated heterocycles. The lowest BCUT2D eigenvalue weighted by atomic mass is 10.1. The average Bonchev–Trinajstić information content (AvgIpc) is 2.79. The summed E-state index contributed by atoms with van der Waals surface area (Å²) in [7, 11) is 0. The van der Waals surface area contributed by atoms with Gasteiger partial charge in [-0.15, -0.1) is 0 Å². The zero-order valence-electron chi connectivity index (χ0n) is 19.5. The molecule has 0 N–H and O–H groups in total. The Morgan fingerprint density at radius 1 is 0.600 bits per heavy atom. The van der Waals surface area contributed by atoms with E-state index in [0.29, 0.717) is 5.92 Å². The lowest BCUT2D eigenvalue weighted by Gasteiger charge is -2.11. The minimum absolute atomic E-state index is 0.591. The molecule has 2 aromatic rings. The zero-order valence-corrected chi connectivity index (χ0v) is 19.5. The Hall–Kier alpha value is -1.96. The summed E-state index contributed by atoms with van der Waals surface area (Å²) in [6, 6.07) is 16.8. The standard InChI is InChI=1S/C28H42O2/c1-4-6-7-8-9-10-11-12-13-22-29-27-18-14-25(15-19-27)26-16-20-28(21-17-26)30-23-24(3)5-2/h14-21,24H,4-13,22-23H2,1-3H3. The summed E-state index contributed by atoms with van der Waals surface area (Å²) in [5.74, 6) is 2.50. The van der Waals surface area contributed by atoms with Crippen LogP contribution in [-0.2, 0) is 0 Å². The molecule has 0 aliphatic rings. The predicted octanol–water partition coefficient (Wildman–Crippen LogP) is 8.69. The van der Waals surface area contributed by atoms with E-state index in [-0.39, 0.29) is 0 Å². The molecule has 0 aliphatic heterocycles. The number of ether oxygens (including phenoxy) is 2. The molecular formula is C28H42O2. The number of hydrogen-bond acceptors (Lipinski definition) is 2. The largest absolute Gasteiger partial charge is 0.494 e. The van der Waals surface area contributed by atoms with Gasteiger partial charge < -0.3 is 9.47 Å². The van der Waals surface area contributed by atoms with Crippen LogP contribution >= 0.6 is 0 Å². The fourth-order valence-electron chi connectivity index (χ4n) is 3.45. The molecule has 0 saturated carbocycles. The van der Waals surface area contributed by atoms with Crippen LogP contribution in [-0.4, -0.2) is 13.2 Å². The number of rotatable bonds is 16. The van der Waals surface area contributed by atoms with Crippen molar-refractivity contribution in [3.8, 4) is 22.6 Å². The van der Waals surface area contributed by atoms with Crippen LogP contribution in [0.15, 0.2) is 48.5 Å². The Morgan fingerprint density at radius 3 is 1.57 bits per heavy atom. The lowest BCUT2D eigenvalue weighted by Crippen LogP contribution is -2.06. The minimum atomic E-state index is 0.591. The first-order chi connectivity index (χ1) is 14.7. The first-order valence-corrected chi connectivity index (χ1v) is 12.2. The van der Waals surface area contributed by atoms with Gasteiger partial charge in [0.1, 0.15) is 11.5 Å². The molecule has 166 valence electrons. The molecule has 2 heteroatoms. The Morgan fingerprint density at radius 2 is 1.07 bits per heavy atom. The van der Waals surface area contributed by atoms with Gasteiger partial charge in [0, 0.05) is 0 Å². The highest BCUT2D eigenvalue weighted by molar-refractivity contribution is 5.64. The smallest absolute Gasteiger partial charge is 0.119 e. The molecule has 0 bridgehead atoms. The van der Waals surface area contributed by atoms with Gasteiger partial charge in [0.2, 0.25) is 0 Å². The van der Waals surface area contributed by atoms with Gasteiger partial charge in [0.15, 0.2) is 0 Å². The van der Waals surface area contributed by atoms with E-state index in [1.54, 1.807) is 0 Å². The van der Waals surface area contributed by atoms with Crippen molar-refractivity contribution in [3.63, 3.8) is 0 Å². The third-order valence-corrected chi connectivity index (χ3v) is 5.79. The maximum absolute atomic E-state index is 5.92. The normalized spacial score (nSPS) is 12.0. The van der Waals surface area contributed by atoms with Gasteiger partial charge in [0.05, 0.1) is 13.2 Å². The molecule has 0 spiro atoms. The van der Waals surface area contributed by atoms with Crippen molar-refractivity contribution in [2.75, 3.05) is 13.2 Å². The van der Waals surface area contributed by atoms with Crippen molar-refractivity contribution >= 4 is 0 Å². The molecule has 1 atom stereocenters. The van der Waals surface area contributed by atoms with Crippen LogP contribution in [0.1, 0.15) is 85.0 Å². The summed E-state index contributed by atoms with van der Waals surface area (Å²) in [5, 5.41) is 0. The molecule has 2 nitrogen and oxygen atoms in total. The Balaban J connectivity index is 1.64. The highest BCUT2D eigenvalue weighted by Crippen LogP contribution is 2.25. The van der Waals surface area contributed by atoms with E-state index in [1.165, 1.54) is 62.5 Å². The quantitative estimate of drug-likeness (QED) is 0.258. The highest BCUT2D eigenvalue weighted by Gasteiger charge is 2.03. The third-order valence-electron chi connectivity index (χ3n) is 5.79. The van der Waals surface area contributed by atoms with Crippen LogP contribution in [0.5, 0.6) is 11.5 Å². The average molecular weight is 411 g/mol. The number of hydrogen-bond donors (Lipinski definition) is 0. The fourth-order valence-corrected chi connectivity index (χ4v) is 3.45. The van der Waals surface area contributed by atoms with Crippen molar-refractivity contribution < 1.29 is 9.47 Å². The van der Waals surface area contributed by atoms with E-state index in [4.69, 9.17) is 9.47 Å². The van der Waals surface area contributed by atoms with Gasteiger partial charge in [-0.2, -0.15) is 0 Å². The second-order valence-electron chi connectivity index (χ2n) is 8.55. The van der Waals surface area contributed by atoms with Gasteiger partial charge >= 0.3 is 0 Å². The van der Waals surface area contributed by atoms with Gasteiger partial charge in [-0.1, -0.05) is 103 Å². The van der Waals surface area contributed by atoms with Gasteiger partial charge in [-0.3, -0.25) is 0 Å². The molecule has 0 radical (unpaired) electrons. The van der Waals surface area contributed by atoms with Crippen LogP contribution in [0.2, 0.25) is 0 Å². The molecule has 0 aliphatic carbocycles. The Bertz CT molecular complexity index is 660. The summed E-state index contributed by atoms with van der Waals surface area (Å²) in [4.78, 5) is 0. The molecule has 1 unspecified atom stereocenters. The second-order valence-corrected chi connectivity index (χ2v) is 8.55. The van der Waals surface area contributed by atoms with Gasteiger partial charge in [-0.25, -0.2) is 0 Å². The van der Waals surface area contributed by atoms with Crippen LogP contribution in [0.25, 0.3) is 11.1 Å². The Labute approximate surface area is 185 Å². The molecule has 0 heterocycles. The van der Waals surface area contributed by atoms with E-state index in [2.05, 4.69) is 69.3 Å². The van der Waals surface area contributed by atoms with Crippen molar-refractivity contribution in [3.05, 3.63) is 48.5 Å². The SMILES string of the molecule is CCCCCCCCCCCOc1ccc(-c2ccc(OCC(C)CC)cc2)cc1. The van der Waals surface area contributed by atoms with Crippen LogP contribution in [0.3, 0.4) is 0 Å². The van der Waals surface area contributed by atoms with Crippen molar-refractivity contribution in [1.29, 1.82) is 0 Å². The third kappa shape index (κ3) is 9.69. The van der Waals surface area contributed by atoms with E-state index in [0.717, 1.165) is 37.6 Å². The number of benzene rings is 2. The van der Waals surface area contributed by atoms with Crippen molar-refractivity contribution in [1.82, 2.24) is 0 Å². The molecule has 0 fully saturated rings. The highest BCUT2D eigenvalue weighted by atomic mass is 16.5. The minimum Gasteiger partial charge on any atom is -0.494 e. The molecule has 2 rings (SSSR count). The first-order valence-electron chi connectivity index (χ1n) is 12.2. The molecule has 30 heavy (non-hydrogen) atoms. The van der Waals surface area contributed by atoms with Crippen LogP contribution in [0, 0.1) is 5.92 Å². The molecule has 2 aromatic carbocycles. The summed E-state index contributed by atoms with van der Waals surface area (Å²) in [6.45, 7) is 8.28. The van der Waals surface area contributed by atoms with E-state index < -0.39 is 0 Å².